The Bertz CT molecular complexity index is 811. The van der Waals surface area contributed by atoms with E-state index in [2.05, 4.69) is 59.4 Å². The zero-order valence-electron chi connectivity index (χ0n) is 14.5. The number of ether oxygens (including phenoxy) is 2. The van der Waals surface area contributed by atoms with Gasteiger partial charge in [-0.25, -0.2) is 5.43 Å². The first-order valence-electron chi connectivity index (χ1n) is 8.85. The van der Waals surface area contributed by atoms with Crippen molar-refractivity contribution < 1.29 is 9.47 Å². The van der Waals surface area contributed by atoms with Crippen molar-refractivity contribution in [1.82, 2.24) is 5.43 Å². The van der Waals surface area contributed by atoms with E-state index < -0.39 is 0 Å². The largest absolute Gasteiger partial charge is 0.346 e. The van der Waals surface area contributed by atoms with Crippen LogP contribution in [0.1, 0.15) is 17.4 Å². The van der Waals surface area contributed by atoms with E-state index in [1.165, 1.54) is 16.7 Å². The van der Waals surface area contributed by atoms with Gasteiger partial charge in [0.05, 0.1) is 13.2 Å². The SMILES string of the molecule is c1ccc(NNCc2ccc(-c3ccc(C4OCCO4)cc3)cc2)cc1. The molecule has 0 amide bonds. The standard InChI is InChI=1S/C22H22N2O2/c1-2-4-21(5-3-1)24-23-16-17-6-8-18(9-7-17)19-10-12-20(13-11-19)22-25-14-15-26-22/h1-13,22-24H,14-16H2. The lowest BCUT2D eigenvalue weighted by Gasteiger charge is -2.11. The Morgan fingerprint density at radius 2 is 1.35 bits per heavy atom. The molecule has 4 nitrogen and oxygen atoms in total. The summed E-state index contributed by atoms with van der Waals surface area (Å²) in [5, 5.41) is 0. The predicted molar refractivity (Wildman–Crippen MR) is 103 cm³/mol. The molecule has 2 N–H and O–H groups in total. The van der Waals surface area contributed by atoms with E-state index in [4.69, 9.17) is 9.47 Å². The van der Waals surface area contributed by atoms with Gasteiger partial charge in [0.15, 0.2) is 6.29 Å². The summed E-state index contributed by atoms with van der Waals surface area (Å²) >= 11 is 0. The maximum atomic E-state index is 5.53. The minimum absolute atomic E-state index is 0.213. The molecule has 0 bridgehead atoms. The van der Waals surface area contributed by atoms with Gasteiger partial charge in [-0.05, 0) is 28.8 Å². The van der Waals surface area contributed by atoms with Crippen molar-refractivity contribution in [3.05, 3.63) is 90.0 Å². The van der Waals surface area contributed by atoms with Gasteiger partial charge in [0.1, 0.15) is 0 Å². The van der Waals surface area contributed by atoms with Crippen LogP contribution in [0.5, 0.6) is 0 Å². The average Bonchev–Trinajstić information content (AvgIpc) is 3.24. The number of rotatable bonds is 6. The third-order valence-electron chi connectivity index (χ3n) is 4.39. The van der Waals surface area contributed by atoms with Crippen molar-refractivity contribution in [3.8, 4) is 11.1 Å². The minimum Gasteiger partial charge on any atom is -0.346 e. The number of hydrazine groups is 1. The Labute approximate surface area is 153 Å². The average molecular weight is 346 g/mol. The van der Waals surface area contributed by atoms with Crippen LogP contribution >= 0.6 is 0 Å². The van der Waals surface area contributed by atoms with Crippen LogP contribution in [0.4, 0.5) is 5.69 Å². The van der Waals surface area contributed by atoms with Crippen molar-refractivity contribution in [2.24, 2.45) is 0 Å². The maximum Gasteiger partial charge on any atom is 0.184 e. The van der Waals surface area contributed by atoms with E-state index >= 15 is 0 Å². The third kappa shape index (κ3) is 4.11. The van der Waals surface area contributed by atoms with E-state index in [9.17, 15) is 0 Å². The smallest absolute Gasteiger partial charge is 0.184 e. The molecule has 1 fully saturated rings. The highest BCUT2D eigenvalue weighted by molar-refractivity contribution is 5.64. The lowest BCUT2D eigenvalue weighted by Crippen LogP contribution is -2.20. The van der Waals surface area contributed by atoms with Gasteiger partial charge < -0.3 is 14.9 Å². The first kappa shape index (κ1) is 16.8. The summed E-state index contributed by atoms with van der Waals surface area (Å²) in [6.07, 6.45) is -0.213. The molecule has 1 heterocycles. The highest BCUT2D eigenvalue weighted by atomic mass is 16.7. The molecule has 1 aliphatic heterocycles. The molecule has 26 heavy (non-hydrogen) atoms. The molecule has 1 aliphatic rings. The number of anilines is 1. The number of benzene rings is 3. The van der Waals surface area contributed by atoms with Crippen LogP contribution in [0.25, 0.3) is 11.1 Å². The van der Waals surface area contributed by atoms with Crippen LogP contribution in [-0.4, -0.2) is 13.2 Å². The molecular weight excluding hydrogens is 324 g/mol. The molecule has 0 unspecified atom stereocenters. The molecular formula is C22H22N2O2. The Balaban J connectivity index is 1.35. The van der Waals surface area contributed by atoms with Crippen LogP contribution < -0.4 is 10.9 Å². The molecule has 0 spiro atoms. The quantitative estimate of drug-likeness (QED) is 0.644. The lowest BCUT2D eigenvalue weighted by atomic mass is 10.0. The van der Waals surface area contributed by atoms with Crippen molar-refractivity contribution in [3.63, 3.8) is 0 Å². The Hall–Kier alpha value is -2.66. The summed E-state index contributed by atoms with van der Waals surface area (Å²) in [6.45, 7) is 2.09. The van der Waals surface area contributed by atoms with E-state index in [1.807, 2.05) is 30.3 Å². The Morgan fingerprint density at radius 3 is 2.00 bits per heavy atom. The molecule has 1 saturated heterocycles. The number of para-hydroxylation sites is 1. The first-order valence-corrected chi connectivity index (χ1v) is 8.85. The van der Waals surface area contributed by atoms with E-state index in [1.54, 1.807) is 0 Å². The van der Waals surface area contributed by atoms with Crippen LogP contribution in [0.3, 0.4) is 0 Å². The molecule has 4 rings (SSSR count). The molecule has 0 radical (unpaired) electrons. The van der Waals surface area contributed by atoms with Crippen LogP contribution in [-0.2, 0) is 16.0 Å². The number of nitrogens with one attached hydrogen (secondary N) is 2. The zero-order valence-corrected chi connectivity index (χ0v) is 14.5. The monoisotopic (exact) mass is 346 g/mol. The summed E-state index contributed by atoms with van der Waals surface area (Å²) in [5.74, 6) is 0. The van der Waals surface area contributed by atoms with E-state index in [-0.39, 0.29) is 6.29 Å². The second-order valence-electron chi connectivity index (χ2n) is 6.24. The van der Waals surface area contributed by atoms with Crippen molar-refractivity contribution in [1.29, 1.82) is 0 Å². The van der Waals surface area contributed by atoms with Crippen molar-refractivity contribution in [2.45, 2.75) is 12.8 Å². The fourth-order valence-electron chi connectivity index (χ4n) is 2.97. The van der Waals surface area contributed by atoms with E-state index in [0.717, 1.165) is 17.8 Å². The second-order valence-corrected chi connectivity index (χ2v) is 6.24. The van der Waals surface area contributed by atoms with Gasteiger partial charge in [-0.15, -0.1) is 0 Å². The van der Waals surface area contributed by atoms with Gasteiger partial charge in [0.2, 0.25) is 0 Å². The van der Waals surface area contributed by atoms with Gasteiger partial charge in [-0.3, -0.25) is 0 Å². The summed E-state index contributed by atoms with van der Waals surface area (Å²) in [5.41, 5.74) is 12.2. The molecule has 4 heteroatoms. The molecule has 0 atom stereocenters. The maximum absolute atomic E-state index is 5.53. The summed E-state index contributed by atoms with van der Waals surface area (Å²) in [6, 6.07) is 27.0. The normalized spacial score (nSPS) is 14.5. The molecule has 0 saturated carbocycles. The van der Waals surface area contributed by atoms with Gasteiger partial charge in [-0.1, -0.05) is 66.7 Å². The number of hydrogen-bond donors (Lipinski definition) is 2. The first-order chi connectivity index (χ1) is 12.9. The molecule has 132 valence electrons. The van der Waals surface area contributed by atoms with Gasteiger partial charge >= 0.3 is 0 Å². The Morgan fingerprint density at radius 1 is 0.731 bits per heavy atom. The van der Waals surface area contributed by atoms with Crippen LogP contribution in [0.15, 0.2) is 78.9 Å². The molecule has 0 aromatic heterocycles. The molecule has 0 aliphatic carbocycles. The summed E-state index contributed by atoms with van der Waals surface area (Å²) in [7, 11) is 0. The minimum atomic E-state index is -0.213. The third-order valence-corrected chi connectivity index (χ3v) is 4.39. The summed E-state index contributed by atoms with van der Waals surface area (Å²) < 4.78 is 11.1. The predicted octanol–water partition coefficient (Wildman–Crippen LogP) is 4.52. The lowest BCUT2D eigenvalue weighted by molar-refractivity contribution is -0.0441. The van der Waals surface area contributed by atoms with Gasteiger partial charge in [0.25, 0.3) is 0 Å². The highest BCUT2D eigenvalue weighted by Crippen LogP contribution is 2.26. The van der Waals surface area contributed by atoms with Crippen molar-refractivity contribution >= 4 is 5.69 Å². The van der Waals surface area contributed by atoms with Crippen LogP contribution in [0.2, 0.25) is 0 Å². The fraction of sp³-hybridized carbons (Fsp3) is 0.182. The van der Waals surface area contributed by atoms with Gasteiger partial charge in [-0.2, -0.15) is 0 Å². The number of hydrogen-bond acceptors (Lipinski definition) is 4. The second kappa shape index (κ2) is 8.15. The van der Waals surface area contributed by atoms with Crippen LogP contribution in [0, 0.1) is 0 Å². The van der Waals surface area contributed by atoms with Crippen molar-refractivity contribution in [2.75, 3.05) is 18.6 Å². The fourth-order valence-corrected chi connectivity index (χ4v) is 2.97. The van der Waals surface area contributed by atoms with E-state index in [0.29, 0.717) is 13.2 Å². The molecule has 3 aromatic rings. The highest BCUT2D eigenvalue weighted by Gasteiger charge is 2.17. The Kier molecular flexibility index (Phi) is 5.26. The molecule has 3 aromatic carbocycles. The summed E-state index contributed by atoms with van der Waals surface area (Å²) in [4.78, 5) is 0. The zero-order chi connectivity index (χ0) is 17.6. The topological polar surface area (TPSA) is 42.5 Å². The van der Waals surface area contributed by atoms with Gasteiger partial charge in [0, 0.05) is 17.8 Å².